The predicted molar refractivity (Wildman–Crippen MR) is 117 cm³/mol. The molecule has 178 valence electrons. The Balaban J connectivity index is 1.33. The Bertz CT molecular complexity index is 1110. The lowest BCUT2D eigenvalue weighted by Crippen LogP contribution is -2.47. The molecule has 0 amide bonds. The maximum atomic E-state index is 13.2. The molecule has 1 aliphatic heterocycles. The van der Waals surface area contributed by atoms with E-state index in [-0.39, 0.29) is 24.2 Å². The average molecular weight is 476 g/mol. The zero-order chi connectivity index (χ0) is 24.1. The first-order valence-electron chi connectivity index (χ1n) is 11.0. The molecule has 1 fully saturated rings. The largest absolute Gasteiger partial charge is 0.416 e. The Labute approximate surface area is 193 Å². The molecule has 2 aliphatic rings. The van der Waals surface area contributed by atoms with Crippen LogP contribution in [0, 0.1) is 0 Å². The van der Waals surface area contributed by atoms with Crippen molar-refractivity contribution in [3.63, 3.8) is 0 Å². The average Bonchev–Trinajstić information content (AvgIpc) is 3.13. The van der Waals surface area contributed by atoms with Crippen LogP contribution in [0.5, 0.6) is 0 Å². The normalized spacial score (nSPS) is 17.6. The third kappa shape index (κ3) is 4.32. The fourth-order valence-corrected chi connectivity index (χ4v) is 5.07. The van der Waals surface area contributed by atoms with E-state index in [1.54, 1.807) is 0 Å². The van der Waals surface area contributed by atoms with Gasteiger partial charge in [-0.3, -0.25) is 9.80 Å². The van der Waals surface area contributed by atoms with Gasteiger partial charge in [-0.25, -0.2) is 0 Å². The summed E-state index contributed by atoms with van der Waals surface area (Å²) in [6, 6.07) is 18.4. The molecule has 8 heteroatoms. The lowest BCUT2D eigenvalue weighted by Gasteiger charge is -2.39. The van der Waals surface area contributed by atoms with Gasteiger partial charge in [-0.15, -0.1) is 0 Å². The van der Waals surface area contributed by atoms with E-state index >= 15 is 0 Å². The zero-order valence-electron chi connectivity index (χ0n) is 18.1. The second kappa shape index (κ2) is 8.43. The van der Waals surface area contributed by atoms with Crippen molar-refractivity contribution in [2.75, 3.05) is 26.2 Å². The summed E-state index contributed by atoms with van der Waals surface area (Å²) in [5.74, 6) is 0. The number of hydrogen-bond donors (Lipinski definition) is 0. The van der Waals surface area contributed by atoms with Crippen LogP contribution in [-0.2, 0) is 18.9 Å². The molecular weight excluding hydrogens is 454 g/mol. The minimum atomic E-state index is -4.84. The van der Waals surface area contributed by atoms with E-state index in [4.69, 9.17) is 0 Å². The molecule has 0 spiro atoms. The Morgan fingerprint density at radius 2 is 1.12 bits per heavy atom. The van der Waals surface area contributed by atoms with E-state index in [9.17, 15) is 26.3 Å². The summed E-state index contributed by atoms with van der Waals surface area (Å²) in [6.45, 7) is 2.48. The van der Waals surface area contributed by atoms with Crippen LogP contribution in [0.4, 0.5) is 26.3 Å². The molecule has 1 heterocycles. The number of fused-ring (bicyclic) bond motifs is 3. The molecule has 0 aromatic heterocycles. The molecule has 1 aliphatic carbocycles. The monoisotopic (exact) mass is 476 g/mol. The first-order valence-corrected chi connectivity index (χ1v) is 11.0. The Morgan fingerprint density at radius 1 is 0.647 bits per heavy atom. The molecular formula is C26H22F6N2. The van der Waals surface area contributed by atoms with Gasteiger partial charge in [-0.2, -0.15) is 26.3 Å². The molecule has 2 nitrogen and oxygen atoms in total. The Hall–Kier alpha value is -2.84. The van der Waals surface area contributed by atoms with Gasteiger partial charge in [-0.1, -0.05) is 48.5 Å². The van der Waals surface area contributed by atoms with Crippen molar-refractivity contribution >= 4 is 0 Å². The van der Waals surface area contributed by atoms with E-state index in [1.165, 1.54) is 22.3 Å². The molecule has 0 bridgehead atoms. The molecule has 3 aromatic rings. The van der Waals surface area contributed by atoms with Crippen LogP contribution in [0.25, 0.3) is 11.1 Å². The smallest absolute Gasteiger partial charge is 0.297 e. The Kier molecular flexibility index (Phi) is 5.68. The van der Waals surface area contributed by atoms with Crippen molar-refractivity contribution in [3.8, 4) is 11.1 Å². The SMILES string of the molecule is FC(F)(F)c1cc(CN2CCN(C3c4ccccc4-c4ccccc43)CC2)cc(C(F)(F)F)c1. The zero-order valence-corrected chi connectivity index (χ0v) is 18.1. The van der Waals surface area contributed by atoms with Gasteiger partial charge in [0.1, 0.15) is 0 Å². The summed E-state index contributed by atoms with van der Waals surface area (Å²) in [4.78, 5) is 4.26. The van der Waals surface area contributed by atoms with Crippen molar-refractivity contribution < 1.29 is 26.3 Å². The highest BCUT2D eigenvalue weighted by Gasteiger charge is 2.38. The highest BCUT2D eigenvalue weighted by Crippen LogP contribution is 2.46. The van der Waals surface area contributed by atoms with E-state index in [1.807, 2.05) is 29.2 Å². The van der Waals surface area contributed by atoms with Crippen LogP contribution in [0.1, 0.15) is 33.9 Å². The van der Waals surface area contributed by atoms with Crippen molar-refractivity contribution in [1.82, 2.24) is 9.80 Å². The summed E-state index contributed by atoms with van der Waals surface area (Å²) in [5.41, 5.74) is 2.34. The van der Waals surface area contributed by atoms with Crippen molar-refractivity contribution in [2.24, 2.45) is 0 Å². The van der Waals surface area contributed by atoms with E-state index in [0.29, 0.717) is 26.2 Å². The van der Waals surface area contributed by atoms with Gasteiger partial charge in [0, 0.05) is 32.7 Å². The van der Waals surface area contributed by atoms with Crippen molar-refractivity contribution in [2.45, 2.75) is 24.9 Å². The number of benzene rings is 3. The highest BCUT2D eigenvalue weighted by atomic mass is 19.4. The molecule has 0 unspecified atom stereocenters. The molecule has 3 aromatic carbocycles. The number of halogens is 6. The molecule has 0 radical (unpaired) electrons. The molecule has 0 N–H and O–H groups in total. The minimum Gasteiger partial charge on any atom is -0.297 e. The summed E-state index contributed by atoms with van der Waals surface area (Å²) in [6.07, 6.45) is -9.67. The minimum absolute atomic E-state index is 0.0205. The van der Waals surface area contributed by atoms with Crippen molar-refractivity contribution in [3.05, 3.63) is 94.5 Å². The number of rotatable bonds is 3. The summed E-state index contributed by atoms with van der Waals surface area (Å²) in [7, 11) is 0. The van der Waals surface area contributed by atoms with Gasteiger partial charge in [-0.05, 0) is 46.0 Å². The van der Waals surface area contributed by atoms with Gasteiger partial charge < -0.3 is 0 Å². The molecule has 34 heavy (non-hydrogen) atoms. The summed E-state index contributed by atoms with van der Waals surface area (Å²) < 4.78 is 79.2. The van der Waals surface area contributed by atoms with Gasteiger partial charge in [0.15, 0.2) is 0 Å². The van der Waals surface area contributed by atoms with Crippen LogP contribution in [0.2, 0.25) is 0 Å². The number of nitrogens with zero attached hydrogens (tertiary/aromatic N) is 2. The lowest BCUT2D eigenvalue weighted by molar-refractivity contribution is -0.143. The summed E-state index contributed by atoms with van der Waals surface area (Å²) >= 11 is 0. The first-order chi connectivity index (χ1) is 16.1. The van der Waals surface area contributed by atoms with Crippen LogP contribution in [-0.4, -0.2) is 36.0 Å². The van der Waals surface area contributed by atoms with Gasteiger partial charge >= 0.3 is 12.4 Å². The second-order valence-electron chi connectivity index (χ2n) is 8.80. The highest BCUT2D eigenvalue weighted by molar-refractivity contribution is 5.78. The number of piperazine rings is 1. The quantitative estimate of drug-likeness (QED) is 0.393. The van der Waals surface area contributed by atoms with Gasteiger partial charge in [0.2, 0.25) is 0 Å². The maximum absolute atomic E-state index is 13.2. The molecule has 1 saturated heterocycles. The maximum Gasteiger partial charge on any atom is 0.416 e. The van der Waals surface area contributed by atoms with Crippen LogP contribution >= 0.6 is 0 Å². The molecule has 0 saturated carbocycles. The standard InChI is InChI=1S/C26H22F6N2/c27-25(28,29)18-13-17(14-19(15-18)26(30,31)32)16-33-9-11-34(12-10-33)24-22-7-3-1-5-20(22)21-6-2-4-8-23(21)24/h1-8,13-15,24H,9-12,16H2. The fourth-order valence-electron chi connectivity index (χ4n) is 5.07. The first kappa shape index (κ1) is 22.9. The van der Waals surface area contributed by atoms with Crippen molar-refractivity contribution in [1.29, 1.82) is 0 Å². The fraction of sp³-hybridized carbons (Fsp3) is 0.308. The third-order valence-corrected chi connectivity index (χ3v) is 6.63. The second-order valence-corrected chi connectivity index (χ2v) is 8.80. The van der Waals surface area contributed by atoms with Crippen LogP contribution in [0.15, 0.2) is 66.7 Å². The summed E-state index contributed by atoms with van der Waals surface area (Å²) in [5, 5.41) is 0. The Morgan fingerprint density at radius 3 is 1.59 bits per heavy atom. The van der Waals surface area contributed by atoms with E-state index < -0.39 is 23.5 Å². The third-order valence-electron chi connectivity index (χ3n) is 6.63. The van der Waals surface area contributed by atoms with Crippen LogP contribution in [0.3, 0.4) is 0 Å². The predicted octanol–water partition coefficient (Wildman–Crippen LogP) is 6.61. The number of alkyl halides is 6. The number of hydrogen-bond acceptors (Lipinski definition) is 2. The lowest BCUT2D eigenvalue weighted by atomic mass is 10.0. The van der Waals surface area contributed by atoms with E-state index in [2.05, 4.69) is 29.2 Å². The van der Waals surface area contributed by atoms with Gasteiger partial charge in [0.25, 0.3) is 0 Å². The molecule has 0 atom stereocenters. The molecule has 5 rings (SSSR count). The topological polar surface area (TPSA) is 6.48 Å². The van der Waals surface area contributed by atoms with Crippen LogP contribution < -0.4 is 0 Å². The van der Waals surface area contributed by atoms with E-state index in [0.717, 1.165) is 12.1 Å². The van der Waals surface area contributed by atoms with Gasteiger partial charge in [0.05, 0.1) is 17.2 Å².